The molecule has 0 fully saturated rings. The van der Waals surface area contributed by atoms with Gasteiger partial charge < -0.3 is 4.57 Å². The third kappa shape index (κ3) is 2.51. The van der Waals surface area contributed by atoms with E-state index in [1.165, 1.54) is 12.1 Å². The minimum Gasteiger partial charge on any atom is -0.323 e. The highest BCUT2D eigenvalue weighted by atomic mass is 35.5. The molecule has 3 nitrogen and oxygen atoms in total. The molecule has 5 heteroatoms. The van der Waals surface area contributed by atoms with Crippen LogP contribution in [0.25, 0.3) is 11.0 Å². The Hall–Kier alpha value is -1.94. The maximum absolute atomic E-state index is 13.5. The molecular formula is C15H13ClFN3. The van der Waals surface area contributed by atoms with Crippen LogP contribution in [0.2, 0.25) is 0 Å². The van der Waals surface area contributed by atoms with Crippen molar-refractivity contribution in [3.63, 3.8) is 0 Å². The Bertz CT molecular complexity index is 725. The van der Waals surface area contributed by atoms with E-state index in [0.29, 0.717) is 18.8 Å². The van der Waals surface area contributed by atoms with Crippen molar-refractivity contribution in [1.29, 1.82) is 0 Å². The average molecular weight is 290 g/mol. The third-order valence-corrected chi connectivity index (χ3v) is 3.39. The van der Waals surface area contributed by atoms with Crippen LogP contribution in [0.5, 0.6) is 0 Å². The Kier molecular flexibility index (Phi) is 3.65. The number of benzene rings is 1. The molecule has 1 aromatic carbocycles. The second-order valence-electron chi connectivity index (χ2n) is 4.54. The van der Waals surface area contributed by atoms with E-state index in [2.05, 4.69) is 9.97 Å². The van der Waals surface area contributed by atoms with E-state index >= 15 is 0 Å². The molecule has 0 saturated carbocycles. The van der Waals surface area contributed by atoms with Crippen LogP contribution in [0, 0.1) is 5.82 Å². The summed E-state index contributed by atoms with van der Waals surface area (Å²) in [4.78, 5) is 8.54. The zero-order valence-electron chi connectivity index (χ0n) is 10.8. The molecule has 0 N–H and O–H groups in total. The van der Waals surface area contributed by atoms with Crippen molar-refractivity contribution in [1.82, 2.24) is 14.5 Å². The molecule has 102 valence electrons. The molecule has 2 aromatic heterocycles. The number of nitrogens with zero attached hydrogens (tertiary/aromatic N) is 3. The molecule has 0 spiro atoms. The van der Waals surface area contributed by atoms with Gasteiger partial charge in [-0.1, -0.05) is 0 Å². The Morgan fingerprint density at radius 3 is 2.70 bits per heavy atom. The monoisotopic (exact) mass is 289 g/mol. The zero-order valence-corrected chi connectivity index (χ0v) is 11.5. The molecule has 0 atom stereocenters. The van der Waals surface area contributed by atoms with Crippen molar-refractivity contribution < 1.29 is 4.39 Å². The smallest absolute Gasteiger partial charge is 0.125 e. The molecule has 0 bridgehead atoms. The highest BCUT2D eigenvalue weighted by Gasteiger charge is 2.11. The van der Waals surface area contributed by atoms with Crippen LogP contribution in [0.15, 0.2) is 42.7 Å². The summed E-state index contributed by atoms with van der Waals surface area (Å²) in [6.45, 7) is 0.634. The molecule has 0 saturated heterocycles. The van der Waals surface area contributed by atoms with Crippen LogP contribution in [-0.4, -0.2) is 20.4 Å². The Morgan fingerprint density at radius 1 is 1.15 bits per heavy atom. The van der Waals surface area contributed by atoms with Crippen molar-refractivity contribution in [3.05, 3.63) is 59.9 Å². The molecule has 0 aliphatic carbocycles. The second kappa shape index (κ2) is 5.59. The normalized spacial score (nSPS) is 11.1. The summed E-state index contributed by atoms with van der Waals surface area (Å²) in [6, 6.07) is 8.52. The van der Waals surface area contributed by atoms with E-state index < -0.39 is 0 Å². The first-order valence-corrected chi connectivity index (χ1v) is 6.91. The third-order valence-electron chi connectivity index (χ3n) is 3.20. The van der Waals surface area contributed by atoms with E-state index in [1.54, 1.807) is 18.5 Å². The van der Waals surface area contributed by atoms with Crippen LogP contribution >= 0.6 is 11.6 Å². The zero-order chi connectivity index (χ0) is 13.9. The van der Waals surface area contributed by atoms with E-state index in [9.17, 15) is 4.39 Å². The van der Waals surface area contributed by atoms with Gasteiger partial charge in [0.05, 0.1) is 11.0 Å². The van der Waals surface area contributed by atoms with E-state index in [4.69, 9.17) is 11.6 Å². The van der Waals surface area contributed by atoms with Crippen molar-refractivity contribution in [2.75, 3.05) is 5.88 Å². The number of pyridine rings is 1. The highest BCUT2D eigenvalue weighted by molar-refractivity contribution is 6.17. The van der Waals surface area contributed by atoms with Gasteiger partial charge in [0.25, 0.3) is 0 Å². The number of fused-ring (bicyclic) bond motifs is 1. The molecule has 3 rings (SSSR count). The molecular weight excluding hydrogens is 277 g/mol. The first-order chi connectivity index (χ1) is 9.78. The number of aryl methyl sites for hydroxylation is 1. The van der Waals surface area contributed by atoms with Crippen LogP contribution in [0.1, 0.15) is 11.4 Å². The Labute approximate surface area is 121 Å². The number of aromatic nitrogens is 3. The maximum Gasteiger partial charge on any atom is 0.125 e. The predicted molar refractivity (Wildman–Crippen MR) is 77.5 cm³/mol. The van der Waals surface area contributed by atoms with Gasteiger partial charge >= 0.3 is 0 Å². The highest BCUT2D eigenvalue weighted by Crippen LogP contribution is 2.20. The summed E-state index contributed by atoms with van der Waals surface area (Å²) in [5, 5.41) is 0. The van der Waals surface area contributed by atoms with Gasteiger partial charge in [0.2, 0.25) is 0 Å². The lowest BCUT2D eigenvalue weighted by atomic mass is 10.2. The molecule has 0 amide bonds. The summed E-state index contributed by atoms with van der Waals surface area (Å²) in [6.07, 6.45) is 4.15. The molecule has 0 unspecified atom stereocenters. The lowest BCUT2D eigenvalue weighted by Gasteiger charge is -2.08. The average Bonchev–Trinajstić information content (AvgIpc) is 2.78. The van der Waals surface area contributed by atoms with Gasteiger partial charge in [-0.15, -0.1) is 11.6 Å². The van der Waals surface area contributed by atoms with Crippen LogP contribution < -0.4 is 0 Å². The van der Waals surface area contributed by atoms with Crippen molar-refractivity contribution >= 4 is 22.6 Å². The van der Waals surface area contributed by atoms with Gasteiger partial charge in [-0.05, 0) is 35.9 Å². The summed E-state index contributed by atoms with van der Waals surface area (Å²) in [5.41, 5.74) is 2.68. The van der Waals surface area contributed by atoms with Gasteiger partial charge in [0.1, 0.15) is 11.6 Å². The van der Waals surface area contributed by atoms with E-state index in [-0.39, 0.29) is 5.82 Å². The largest absolute Gasteiger partial charge is 0.323 e. The van der Waals surface area contributed by atoms with Gasteiger partial charge in [-0.2, -0.15) is 0 Å². The van der Waals surface area contributed by atoms with E-state index in [1.807, 2.05) is 16.7 Å². The van der Waals surface area contributed by atoms with Gasteiger partial charge in [-0.25, -0.2) is 9.37 Å². The van der Waals surface area contributed by atoms with Crippen LogP contribution in [-0.2, 0) is 13.0 Å². The first kappa shape index (κ1) is 13.1. The first-order valence-electron chi connectivity index (χ1n) is 6.37. The minimum absolute atomic E-state index is 0.259. The molecule has 3 aromatic rings. The number of hydrogen-bond donors (Lipinski definition) is 0. The lowest BCUT2D eigenvalue weighted by molar-refractivity contribution is 0.628. The molecule has 0 aliphatic heterocycles. The van der Waals surface area contributed by atoms with E-state index in [0.717, 1.165) is 22.4 Å². The summed E-state index contributed by atoms with van der Waals surface area (Å²) >= 11 is 5.83. The fraction of sp³-hybridized carbons (Fsp3) is 0.200. The number of imidazole rings is 1. The Balaban J connectivity index is 2.10. The van der Waals surface area contributed by atoms with Crippen molar-refractivity contribution in [2.24, 2.45) is 0 Å². The van der Waals surface area contributed by atoms with Crippen LogP contribution in [0.3, 0.4) is 0 Å². The topological polar surface area (TPSA) is 30.7 Å². The fourth-order valence-electron chi connectivity index (χ4n) is 2.27. The lowest BCUT2D eigenvalue weighted by Crippen LogP contribution is -2.06. The fourth-order valence-corrected chi connectivity index (χ4v) is 2.44. The maximum atomic E-state index is 13.5. The number of halogens is 2. The predicted octanol–water partition coefficient (Wildman–Crippen LogP) is 3.40. The Morgan fingerprint density at radius 2 is 1.95 bits per heavy atom. The van der Waals surface area contributed by atoms with Crippen molar-refractivity contribution in [3.8, 4) is 0 Å². The number of rotatable bonds is 4. The number of hydrogen-bond acceptors (Lipinski definition) is 2. The molecule has 0 radical (unpaired) electrons. The molecule has 2 heterocycles. The molecule has 0 aliphatic rings. The quantitative estimate of drug-likeness (QED) is 0.689. The van der Waals surface area contributed by atoms with Gasteiger partial charge in [-0.3, -0.25) is 4.98 Å². The summed E-state index contributed by atoms with van der Waals surface area (Å²) in [7, 11) is 0. The second-order valence-corrected chi connectivity index (χ2v) is 4.92. The summed E-state index contributed by atoms with van der Waals surface area (Å²) in [5.74, 6) is 1.10. The van der Waals surface area contributed by atoms with Crippen molar-refractivity contribution in [2.45, 2.75) is 13.0 Å². The number of alkyl halides is 1. The minimum atomic E-state index is -0.259. The SMILES string of the molecule is Fc1ccc2nc(CCCl)n(Cc3ccncc3)c2c1. The van der Waals surface area contributed by atoms with Gasteiger partial charge in [0.15, 0.2) is 0 Å². The molecule has 20 heavy (non-hydrogen) atoms. The van der Waals surface area contributed by atoms with Gasteiger partial charge in [0, 0.05) is 31.2 Å². The summed E-state index contributed by atoms with van der Waals surface area (Å²) < 4.78 is 15.5. The van der Waals surface area contributed by atoms with Crippen LogP contribution in [0.4, 0.5) is 4.39 Å². The standard InChI is InChI=1S/C15H13ClFN3/c16-6-3-15-19-13-2-1-12(17)9-14(13)20(15)10-11-4-7-18-8-5-11/h1-2,4-5,7-9H,3,6,10H2.